The van der Waals surface area contributed by atoms with Crippen molar-refractivity contribution < 1.29 is 28.8 Å². The molecule has 9 aromatic rings. The van der Waals surface area contributed by atoms with E-state index in [2.05, 4.69) is 30.9 Å². The lowest BCUT2D eigenvalue weighted by atomic mass is 9.80. The molecular weight excluding hydrogens is 1030 g/mol. The van der Waals surface area contributed by atoms with Crippen molar-refractivity contribution >= 4 is 84.8 Å². The molecule has 0 saturated carbocycles. The van der Waals surface area contributed by atoms with E-state index in [1.54, 1.807) is 54.6 Å². The van der Waals surface area contributed by atoms with Gasteiger partial charge in [-0.1, -0.05) is 150 Å². The highest BCUT2D eigenvalue weighted by atomic mass is 16.2. The van der Waals surface area contributed by atoms with Gasteiger partial charge in [-0.3, -0.25) is 28.8 Å². The Bertz CT molecular complexity index is 3410. The Morgan fingerprint density at radius 1 is 0.402 bits per heavy atom. The number of anilines is 3. The highest BCUT2D eigenvalue weighted by Crippen LogP contribution is 2.41. The molecule has 15 heteroatoms. The fourth-order valence-electron chi connectivity index (χ4n) is 11.2. The van der Waals surface area contributed by atoms with Crippen LogP contribution in [0.25, 0.3) is 32.7 Å². The van der Waals surface area contributed by atoms with Crippen molar-refractivity contribution in [2.45, 2.75) is 122 Å². The summed E-state index contributed by atoms with van der Waals surface area (Å²) in [5, 5.41) is 11.9. The van der Waals surface area contributed by atoms with Crippen molar-refractivity contribution in [2.24, 2.45) is 0 Å². The average molecular weight is 1100 g/mol. The number of rotatable bonds is 27. The maximum atomic E-state index is 14.5. The van der Waals surface area contributed by atoms with E-state index in [9.17, 15) is 28.8 Å². The highest BCUT2D eigenvalue weighted by Gasteiger charge is 2.30. The summed E-state index contributed by atoms with van der Waals surface area (Å²) in [5.41, 5.74) is 29.6. The summed E-state index contributed by atoms with van der Waals surface area (Å²) >= 11 is 0. The molecule has 82 heavy (non-hydrogen) atoms. The minimum atomic E-state index is -0.820. The zero-order valence-electron chi connectivity index (χ0n) is 46.8. The molecule has 9 rings (SSSR count). The first-order chi connectivity index (χ1) is 39.7. The minimum absolute atomic E-state index is 0.0833. The molecule has 0 unspecified atom stereocenters. The third-order valence-electron chi connectivity index (χ3n) is 15.6. The largest absolute Gasteiger partial charge is 0.398 e. The fourth-order valence-corrected chi connectivity index (χ4v) is 11.2. The van der Waals surface area contributed by atoms with Gasteiger partial charge in [-0.25, -0.2) is 0 Å². The van der Waals surface area contributed by atoms with Crippen LogP contribution in [0.4, 0.5) is 17.1 Å². The molecule has 422 valence electrons. The van der Waals surface area contributed by atoms with Crippen LogP contribution in [0.15, 0.2) is 146 Å². The smallest absolute Gasteiger partial charge is 0.225 e. The molecule has 12 N–H and O–H groups in total. The number of aromatic amines is 3. The topological polar surface area (TPSA) is 264 Å². The van der Waals surface area contributed by atoms with Crippen LogP contribution in [0.3, 0.4) is 0 Å². The number of carbonyl (C=O) groups is 6. The zero-order chi connectivity index (χ0) is 57.9. The van der Waals surface area contributed by atoms with Crippen molar-refractivity contribution in [3.8, 4) is 0 Å². The zero-order valence-corrected chi connectivity index (χ0v) is 46.8. The average Bonchev–Trinajstić information content (AvgIpc) is 4.05. The molecule has 0 saturated heterocycles. The van der Waals surface area contributed by atoms with Gasteiger partial charge in [-0.05, 0) is 89.0 Å². The van der Waals surface area contributed by atoms with Gasteiger partial charge in [0.2, 0.25) is 17.7 Å². The number of H-pyrrole nitrogens is 3. The second kappa shape index (κ2) is 26.4. The van der Waals surface area contributed by atoms with E-state index in [-0.39, 0.29) is 71.4 Å². The van der Waals surface area contributed by atoms with Crippen molar-refractivity contribution in [1.29, 1.82) is 0 Å². The molecule has 0 aliphatic heterocycles. The number of hydrogen-bond donors (Lipinski definition) is 9. The summed E-state index contributed by atoms with van der Waals surface area (Å²) in [6.07, 6.45) is 11.5. The predicted molar refractivity (Wildman–Crippen MR) is 327 cm³/mol. The summed E-state index contributed by atoms with van der Waals surface area (Å²) in [6, 6.07) is 35.9. The van der Waals surface area contributed by atoms with Crippen molar-refractivity contribution in [3.05, 3.63) is 196 Å². The Balaban J connectivity index is 1.02. The van der Waals surface area contributed by atoms with Crippen molar-refractivity contribution in [1.82, 2.24) is 30.9 Å². The van der Waals surface area contributed by atoms with E-state index < -0.39 is 24.0 Å². The molecule has 0 spiro atoms. The molecule has 15 nitrogen and oxygen atoms in total. The van der Waals surface area contributed by atoms with Crippen LogP contribution in [-0.2, 0) is 33.6 Å². The third-order valence-corrected chi connectivity index (χ3v) is 15.6. The molecule has 3 amide bonds. The van der Waals surface area contributed by atoms with E-state index >= 15 is 0 Å². The summed E-state index contributed by atoms with van der Waals surface area (Å²) in [7, 11) is 0. The Morgan fingerprint density at radius 3 is 0.951 bits per heavy atom. The maximum absolute atomic E-state index is 14.5. The summed E-state index contributed by atoms with van der Waals surface area (Å²) in [4.78, 5) is 94.0. The number of aromatic nitrogens is 3. The van der Waals surface area contributed by atoms with Gasteiger partial charge in [0.1, 0.15) is 0 Å². The van der Waals surface area contributed by atoms with Crippen LogP contribution in [0, 0.1) is 0 Å². The Labute approximate surface area is 477 Å². The van der Waals surface area contributed by atoms with Crippen LogP contribution in [0.2, 0.25) is 0 Å². The quantitative estimate of drug-likeness (QED) is 0.0134. The number of carbonyl (C=O) groups excluding carboxylic acids is 6. The number of unbranched alkanes of at least 4 members (excludes halogenated alkanes) is 3. The van der Waals surface area contributed by atoms with Gasteiger partial charge >= 0.3 is 0 Å². The molecule has 0 fully saturated rings. The number of hydrogen-bond acceptors (Lipinski definition) is 9. The first kappa shape index (κ1) is 57.4. The van der Waals surface area contributed by atoms with Gasteiger partial charge in [0.05, 0.1) is 37.4 Å². The lowest BCUT2D eigenvalue weighted by Gasteiger charge is -2.25. The van der Waals surface area contributed by atoms with Gasteiger partial charge in [0.25, 0.3) is 0 Å². The van der Waals surface area contributed by atoms with Crippen LogP contribution < -0.4 is 33.2 Å². The fraction of sp³-hybridized carbons (Fsp3) is 0.284. The Morgan fingerprint density at radius 2 is 0.683 bits per heavy atom. The van der Waals surface area contributed by atoms with Crippen LogP contribution in [0.1, 0.15) is 149 Å². The Kier molecular flexibility index (Phi) is 18.5. The Hall–Kier alpha value is -9.24. The molecule has 0 bridgehead atoms. The number of amides is 3. The van der Waals surface area contributed by atoms with Crippen molar-refractivity contribution in [2.75, 3.05) is 17.2 Å². The number of ketones is 3. The number of nitrogens with two attached hydrogens (primary N) is 3. The van der Waals surface area contributed by atoms with Gasteiger partial charge in [0.15, 0.2) is 17.3 Å². The first-order valence-corrected chi connectivity index (χ1v) is 28.6. The van der Waals surface area contributed by atoms with Gasteiger partial charge in [-0.2, -0.15) is 0 Å². The number of Topliss-reactive ketones (excluding diaryl/α,β-unsaturated/α-hetero) is 3. The minimum Gasteiger partial charge on any atom is -0.398 e. The molecule has 3 heterocycles. The number of nitrogens with one attached hydrogen (secondary N) is 6. The SMILES string of the molecule is CCCC[C@H](NC(=O)Cc1c[nH]c2ccccc12)C(=O)c1ccc(C(c2ccc(C(=O)[C@H](CCCC)NC(=O)Cc3c[nH]c4ccccc34)cc2N)c2ccc(C(=O)[C@H](CCCC)NC(=O)Cc3c[nH]c4ccccc34)cc2N)c(N)c1. The van der Waals surface area contributed by atoms with E-state index in [1.165, 1.54) is 0 Å². The monoisotopic (exact) mass is 1100 g/mol. The van der Waals surface area contributed by atoms with Gasteiger partial charge < -0.3 is 48.1 Å². The number of para-hydroxylation sites is 3. The summed E-state index contributed by atoms with van der Waals surface area (Å²) in [6.45, 7) is 6.07. The van der Waals surface area contributed by atoms with Gasteiger partial charge in [-0.15, -0.1) is 0 Å². The maximum Gasteiger partial charge on any atom is 0.225 e. The number of benzene rings is 6. The molecule has 3 aromatic heterocycles. The molecule has 6 aromatic carbocycles. The van der Waals surface area contributed by atoms with Crippen LogP contribution in [-0.4, -0.2) is 68.1 Å². The summed E-state index contributed by atoms with van der Waals surface area (Å²) in [5.74, 6) is -2.52. The second-order valence-corrected chi connectivity index (χ2v) is 21.5. The van der Waals surface area contributed by atoms with Crippen LogP contribution >= 0.6 is 0 Å². The first-order valence-electron chi connectivity index (χ1n) is 28.6. The van der Waals surface area contributed by atoms with Crippen molar-refractivity contribution in [3.63, 3.8) is 0 Å². The van der Waals surface area contributed by atoms with Gasteiger partial charge in [0, 0.05) is 91.0 Å². The molecular formula is C67H73N9O6. The standard InChI is InChI=1S/C67H73N9O6/c1-4-7-19-58(74-61(77)34-43-37-71-55-22-13-10-16-46(43)55)65(80)40-25-28-49(52(68)31-40)64(50-29-26-41(32-53(50)69)66(81)59(20-8-5-2)75-62(78)35-44-38-72-56-23-14-11-17-47(44)56)51-30-27-42(33-54(51)70)67(82)60(21-9-6-3)76-63(79)36-45-39-73-57-24-15-12-18-48(45)57/h10-18,22-33,37-39,58-60,64,71-73H,4-9,19-21,34-36,68-70H2,1-3H3,(H,74,77)(H,75,78)(H,76,79)/t58-,59-,60-/m0/s1. The molecule has 0 radical (unpaired) electrons. The molecule has 0 aliphatic rings. The lowest BCUT2D eigenvalue weighted by Crippen LogP contribution is -2.41. The third kappa shape index (κ3) is 13.2. The number of fused-ring (bicyclic) bond motifs is 3. The normalized spacial score (nSPS) is 12.6. The predicted octanol–water partition coefficient (Wildman–Crippen LogP) is 11.4. The van der Waals surface area contributed by atoms with Crippen LogP contribution in [0.5, 0.6) is 0 Å². The number of nitrogen functional groups attached to an aromatic ring is 3. The highest BCUT2D eigenvalue weighted by molar-refractivity contribution is 6.05. The van der Waals surface area contributed by atoms with E-state index in [4.69, 9.17) is 17.2 Å². The van der Waals surface area contributed by atoms with E-state index in [1.807, 2.05) is 112 Å². The van der Waals surface area contributed by atoms with E-state index in [0.717, 1.165) is 68.7 Å². The second-order valence-electron chi connectivity index (χ2n) is 21.5. The molecule has 0 aliphatic carbocycles. The lowest BCUT2D eigenvalue weighted by molar-refractivity contribution is -0.121. The van der Waals surface area contributed by atoms with E-state index in [0.29, 0.717) is 71.9 Å². The molecule has 3 atom stereocenters. The summed E-state index contributed by atoms with van der Waals surface area (Å²) < 4.78 is 0.